The quantitative estimate of drug-likeness (QED) is 0.805. The second kappa shape index (κ2) is 6.36. The van der Waals surface area contributed by atoms with Gasteiger partial charge in [0.15, 0.2) is 0 Å². The van der Waals surface area contributed by atoms with Crippen molar-refractivity contribution in [3.05, 3.63) is 72.6 Å². The zero-order chi connectivity index (χ0) is 16.2. The zero-order valence-corrected chi connectivity index (χ0v) is 13.1. The van der Waals surface area contributed by atoms with Gasteiger partial charge in [-0.1, -0.05) is 18.2 Å². The standard InChI is InChI=1S/C18H18N4O/c1-21(2)16-10-8-15(9-11-16)20-18(23)14-12-19-22(13-14)17-6-4-3-5-7-17/h3-13H,1-2H3,(H,20,23). The van der Waals surface area contributed by atoms with Gasteiger partial charge in [-0.05, 0) is 36.4 Å². The molecule has 3 aromatic rings. The summed E-state index contributed by atoms with van der Waals surface area (Å²) in [6, 6.07) is 17.4. The Kier molecular flexibility index (Phi) is 4.10. The van der Waals surface area contributed by atoms with Crippen LogP contribution < -0.4 is 10.2 Å². The minimum absolute atomic E-state index is 0.176. The van der Waals surface area contributed by atoms with Crippen molar-refractivity contribution in [3.8, 4) is 5.69 Å². The zero-order valence-electron chi connectivity index (χ0n) is 13.1. The van der Waals surface area contributed by atoms with Crippen LogP contribution in [0.4, 0.5) is 11.4 Å². The fourth-order valence-electron chi connectivity index (χ4n) is 2.21. The summed E-state index contributed by atoms with van der Waals surface area (Å²) in [6.07, 6.45) is 3.29. The van der Waals surface area contributed by atoms with Gasteiger partial charge in [0.05, 0.1) is 17.4 Å². The van der Waals surface area contributed by atoms with E-state index in [1.165, 1.54) is 0 Å². The molecule has 1 amide bonds. The largest absolute Gasteiger partial charge is 0.378 e. The lowest BCUT2D eigenvalue weighted by Crippen LogP contribution is -2.12. The first-order valence-electron chi connectivity index (χ1n) is 7.32. The first kappa shape index (κ1) is 14.8. The summed E-state index contributed by atoms with van der Waals surface area (Å²) in [4.78, 5) is 14.3. The number of para-hydroxylation sites is 1. The first-order chi connectivity index (χ1) is 11.1. The van der Waals surface area contributed by atoms with E-state index in [2.05, 4.69) is 10.4 Å². The molecule has 3 rings (SSSR count). The van der Waals surface area contributed by atoms with E-state index in [-0.39, 0.29) is 5.91 Å². The summed E-state index contributed by atoms with van der Waals surface area (Å²) in [5, 5.41) is 7.11. The van der Waals surface area contributed by atoms with Gasteiger partial charge >= 0.3 is 0 Å². The van der Waals surface area contributed by atoms with E-state index >= 15 is 0 Å². The Morgan fingerprint density at radius 2 is 1.74 bits per heavy atom. The minimum atomic E-state index is -0.176. The third kappa shape index (κ3) is 3.40. The molecule has 23 heavy (non-hydrogen) atoms. The second-order valence-corrected chi connectivity index (χ2v) is 5.40. The molecule has 5 nitrogen and oxygen atoms in total. The topological polar surface area (TPSA) is 50.2 Å². The predicted molar refractivity (Wildman–Crippen MR) is 92.3 cm³/mol. The lowest BCUT2D eigenvalue weighted by atomic mass is 10.2. The summed E-state index contributed by atoms with van der Waals surface area (Å²) < 4.78 is 1.68. The van der Waals surface area contributed by atoms with Gasteiger partial charge in [-0.15, -0.1) is 0 Å². The number of carbonyl (C=O) groups is 1. The highest BCUT2D eigenvalue weighted by atomic mass is 16.1. The SMILES string of the molecule is CN(C)c1ccc(NC(=O)c2cnn(-c3ccccc3)c2)cc1. The van der Waals surface area contributed by atoms with Crippen LogP contribution in [0.15, 0.2) is 67.0 Å². The molecule has 116 valence electrons. The van der Waals surface area contributed by atoms with Gasteiger partial charge in [-0.2, -0.15) is 5.10 Å². The van der Waals surface area contributed by atoms with E-state index in [0.717, 1.165) is 17.1 Å². The molecule has 1 heterocycles. The van der Waals surface area contributed by atoms with Crippen molar-refractivity contribution < 1.29 is 4.79 Å². The van der Waals surface area contributed by atoms with E-state index in [9.17, 15) is 4.79 Å². The number of amides is 1. The summed E-state index contributed by atoms with van der Waals surface area (Å²) >= 11 is 0. The van der Waals surface area contributed by atoms with E-state index in [1.807, 2.05) is 73.6 Å². The van der Waals surface area contributed by atoms with Crippen LogP contribution in [0.25, 0.3) is 5.69 Å². The molecular weight excluding hydrogens is 288 g/mol. The molecule has 2 aromatic carbocycles. The van der Waals surface area contributed by atoms with Crippen LogP contribution in [0.2, 0.25) is 0 Å². The van der Waals surface area contributed by atoms with Crippen molar-refractivity contribution in [1.29, 1.82) is 0 Å². The van der Waals surface area contributed by atoms with Gasteiger partial charge < -0.3 is 10.2 Å². The molecule has 0 spiro atoms. The maximum absolute atomic E-state index is 12.3. The van der Waals surface area contributed by atoms with Gasteiger partial charge in [0, 0.05) is 31.7 Å². The first-order valence-corrected chi connectivity index (χ1v) is 7.32. The Labute approximate surface area is 135 Å². The number of hydrogen-bond donors (Lipinski definition) is 1. The Morgan fingerprint density at radius 3 is 2.39 bits per heavy atom. The average molecular weight is 306 g/mol. The van der Waals surface area contributed by atoms with Crippen LogP contribution in [-0.4, -0.2) is 29.8 Å². The Morgan fingerprint density at radius 1 is 1.04 bits per heavy atom. The molecule has 0 aliphatic carbocycles. The molecule has 1 N–H and O–H groups in total. The summed E-state index contributed by atoms with van der Waals surface area (Å²) in [5.41, 5.74) is 3.28. The van der Waals surface area contributed by atoms with E-state index < -0.39 is 0 Å². The summed E-state index contributed by atoms with van der Waals surface area (Å²) in [5.74, 6) is -0.176. The van der Waals surface area contributed by atoms with Gasteiger partial charge in [-0.3, -0.25) is 4.79 Å². The second-order valence-electron chi connectivity index (χ2n) is 5.40. The van der Waals surface area contributed by atoms with Crippen LogP contribution in [0.3, 0.4) is 0 Å². The number of benzene rings is 2. The van der Waals surface area contributed by atoms with Crippen LogP contribution in [0, 0.1) is 0 Å². The molecule has 0 aliphatic heterocycles. The lowest BCUT2D eigenvalue weighted by Gasteiger charge is -2.12. The van der Waals surface area contributed by atoms with Gasteiger partial charge in [-0.25, -0.2) is 4.68 Å². The molecule has 0 atom stereocenters. The maximum atomic E-state index is 12.3. The molecule has 0 fully saturated rings. The predicted octanol–water partition coefficient (Wildman–Crippen LogP) is 3.19. The van der Waals surface area contributed by atoms with Gasteiger partial charge in [0.25, 0.3) is 5.91 Å². The van der Waals surface area contributed by atoms with Crippen molar-refractivity contribution in [2.45, 2.75) is 0 Å². The molecule has 0 unspecified atom stereocenters. The molecular formula is C18H18N4O. The van der Waals surface area contributed by atoms with Crippen molar-refractivity contribution in [1.82, 2.24) is 9.78 Å². The highest BCUT2D eigenvalue weighted by molar-refractivity contribution is 6.04. The molecule has 1 aromatic heterocycles. The highest BCUT2D eigenvalue weighted by Crippen LogP contribution is 2.16. The van der Waals surface area contributed by atoms with E-state index in [4.69, 9.17) is 0 Å². The van der Waals surface area contributed by atoms with Crippen molar-refractivity contribution >= 4 is 17.3 Å². The molecule has 5 heteroatoms. The number of aromatic nitrogens is 2. The minimum Gasteiger partial charge on any atom is -0.378 e. The smallest absolute Gasteiger partial charge is 0.258 e. The summed E-state index contributed by atoms with van der Waals surface area (Å²) in [7, 11) is 3.96. The van der Waals surface area contributed by atoms with E-state index in [0.29, 0.717) is 5.56 Å². The van der Waals surface area contributed by atoms with Crippen LogP contribution >= 0.6 is 0 Å². The fraction of sp³-hybridized carbons (Fsp3) is 0.111. The average Bonchev–Trinajstić information content (AvgIpc) is 3.06. The van der Waals surface area contributed by atoms with Crippen LogP contribution in [-0.2, 0) is 0 Å². The number of nitrogens with zero attached hydrogens (tertiary/aromatic N) is 3. The normalized spacial score (nSPS) is 10.3. The number of nitrogens with one attached hydrogen (secondary N) is 1. The number of anilines is 2. The highest BCUT2D eigenvalue weighted by Gasteiger charge is 2.10. The fourth-order valence-corrected chi connectivity index (χ4v) is 2.21. The number of carbonyl (C=O) groups excluding carboxylic acids is 1. The van der Waals surface area contributed by atoms with Crippen molar-refractivity contribution in [3.63, 3.8) is 0 Å². The van der Waals surface area contributed by atoms with Crippen LogP contribution in [0.1, 0.15) is 10.4 Å². The van der Waals surface area contributed by atoms with Gasteiger partial charge in [0.2, 0.25) is 0 Å². The molecule has 0 bridgehead atoms. The Bertz CT molecular complexity index is 791. The van der Waals surface area contributed by atoms with Gasteiger partial charge in [0.1, 0.15) is 0 Å². The molecule has 0 saturated carbocycles. The molecule has 0 aliphatic rings. The number of rotatable bonds is 4. The Hall–Kier alpha value is -3.08. The number of hydrogen-bond acceptors (Lipinski definition) is 3. The van der Waals surface area contributed by atoms with Crippen LogP contribution in [0.5, 0.6) is 0 Å². The molecule has 0 radical (unpaired) electrons. The van der Waals surface area contributed by atoms with Crippen molar-refractivity contribution in [2.24, 2.45) is 0 Å². The third-order valence-corrected chi connectivity index (χ3v) is 3.51. The summed E-state index contributed by atoms with van der Waals surface area (Å²) in [6.45, 7) is 0. The molecule has 0 saturated heterocycles. The maximum Gasteiger partial charge on any atom is 0.258 e. The Balaban J connectivity index is 1.72. The lowest BCUT2D eigenvalue weighted by molar-refractivity contribution is 0.102. The third-order valence-electron chi connectivity index (χ3n) is 3.51. The van der Waals surface area contributed by atoms with Crippen molar-refractivity contribution in [2.75, 3.05) is 24.3 Å². The monoisotopic (exact) mass is 306 g/mol. The van der Waals surface area contributed by atoms with E-state index in [1.54, 1.807) is 17.1 Å².